The highest BCUT2D eigenvalue weighted by Gasteiger charge is 2.29. The lowest BCUT2D eigenvalue weighted by molar-refractivity contribution is 0.156. The molecule has 0 fully saturated rings. The molecule has 0 aromatic rings. The van der Waals surface area contributed by atoms with Crippen LogP contribution in [0.1, 0.15) is 39.5 Å². The van der Waals surface area contributed by atoms with E-state index in [0.29, 0.717) is 5.92 Å². The number of rotatable bonds is 8. The maximum atomic E-state index is 6.01. The highest BCUT2D eigenvalue weighted by Crippen LogP contribution is 2.38. The van der Waals surface area contributed by atoms with Crippen molar-refractivity contribution in [3.63, 3.8) is 0 Å². The molecule has 2 bridgehead atoms. The molecule has 3 aliphatic rings. The summed E-state index contributed by atoms with van der Waals surface area (Å²) in [6, 6.07) is 0. The molecule has 1 atom stereocenters. The average molecular weight is 260 g/mol. The van der Waals surface area contributed by atoms with Crippen molar-refractivity contribution in [3.8, 4) is 0 Å². The van der Waals surface area contributed by atoms with Crippen molar-refractivity contribution in [1.29, 1.82) is 0 Å². The zero-order valence-corrected chi connectivity index (χ0v) is 12.2. The number of allylic oxidation sites excluding steroid dienone is 2. The minimum atomic E-state index is 0.668. The van der Waals surface area contributed by atoms with Crippen LogP contribution in [0.25, 0.3) is 0 Å². The molecule has 0 saturated heterocycles. The highest BCUT2D eigenvalue weighted by atomic mass is 16.5. The largest absolute Gasteiger partial charge is 0.500 e. The Kier molecular flexibility index (Phi) is 5.12. The second-order valence-electron chi connectivity index (χ2n) is 5.19. The van der Waals surface area contributed by atoms with Gasteiger partial charge in [-0.1, -0.05) is 45.3 Å². The minimum Gasteiger partial charge on any atom is -0.500 e. The van der Waals surface area contributed by atoms with E-state index in [1.165, 1.54) is 25.7 Å². The van der Waals surface area contributed by atoms with Crippen molar-refractivity contribution in [2.24, 2.45) is 5.92 Å². The standard InChI is InChI=1S/C17H24O2/c1-4-6-7-13(5-2)12-19-17-11-14-8-9-15(17)10-16(14)18-3/h8-11,13H,4-7,12H2,1-3H3. The molecule has 104 valence electrons. The third-order valence-corrected chi connectivity index (χ3v) is 3.82. The lowest BCUT2D eigenvalue weighted by atomic mass is 9.85. The molecule has 0 heterocycles. The van der Waals surface area contributed by atoms with Crippen molar-refractivity contribution in [1.82, 2.24) is 0 Å². The van der Waals surface area contributed by atoms with E-state index >= 15 is 0 Å². The zero-order chi connectivity index (χ0) is 13.7. The summed E-state index contributed by atoms with van der Waals surface area (Å²) in [5.41, 5.74) is 0. The van der Waals surface area contributed by atoms with Crippen LogP contribution in [0.2, 0.25) is 0 Å². The van der Waals surface area contributed by atoms with Gasteiger partial charge in [-0.15, -0.1) is 0 Å². The predicted molar refractivity (Wildman–Crippen MR) is 78.1 cm³/mol. The van der Waals surface area contributed by atoms with Gasteiger partial charge in [0.25, 0.3) is 0 Å². The van der Waals surface area contributed by atoms with Gasteiger partial charge < -0.3 is 9.47 Å². The van der Waals surface area contributed by atoms with E-state index in [2.05, 4.69) is 38.2 Å². The molecular formula is C17H24O2. The van der Waals surface area contributed by atoms with E-state index in [1.807, 2.05) is 0 Å². The molecule has 2 heteroatoms. The molecule has 2 nitrogen and oxygen atoms in total. The van der Waals surface area contributed by atoms with E-state index in [0.717, 1.165) is 30.0 Å². The second-order valence-corrected chi connectivity index (χ2v) is 5.19. The first-order valence-electron chi connectivity index (χ1n) is 7.31. The molecular weight excluding hydrogens is 236 g/mol. The van der Waals surface area contributed by atoms with Crippen LogP contribution >= 0.6 is 0 Å². The maximum Gasteiger partial charge on any atom is 0.109 e. The Morgan fingerprint density at radius 2 is 1.74 bits per heavy atom. The van der Waals surface area contributed by atoms with Crippen molar-refractivity contribution in [2.75, 3.05) is 13.7 Å². The molecule has 0 amide bonds. The molecule has 3 rings (SSSR count). The fraction of sp³-hybridized carbons (Fsp3) is 0.529. The van der Waals surface area contributed by atoms with E-state index < -0.39 is 0 Å². The van der Waals surface area contributed by atoms with Gasteiger partial charge in [-0.05, 0) is 24.5 Å². The number of unbranched alkanes of at least 4 members (excludes halogenated alkanes) is 1. The number of methoxy groups -OCH3 is 1. The summed E-state index contributed by atoms with van der Waals surface area (Å²) in [5.74, 6) is 4.82. The summed E-state index contributed by atoms with van der Waals surface area (Å²) < 4.78 is 11.3. The van der Waals surface area contributed by atoms with Crippen LogP contribution in [0.5, 0.6) is 0 Å². The van der Waals surface area contributed by atoms with E-state index in [1.54, 1.807) is 7.11 Å². The normalized spacial score (nSPS) is 20.2. The van der Waals surface area contributed by atoms with E-state index in [9.17, 15) is 0 Å². The molecule has 2 radical (unpaired) electrons. The minimum absolute atomic E-state index is 0.668. The van der Waals surface area contributed by atoms with Gasteiger partial charge in [0.2, 0.25) is 0 Å². The first kappa shape index (κ1) is 14.2. The first-order valence-corrected chi connectivity index (χ1v) is 7.31. The highest BCUT2D eigenvalue weighted by molar-refractivity contribution is 5.59. The van der Waals surface area contributed by atoms with Crippen LogP contribution in [0, 0.1) is 17.8 Å². The third kappa shape index (κ3) is 3.43. The lowest BCUT2D eigenvalue weighted by Gasteiger charge is -2.29. The van der Waals surface area contributed by atoms with Gasteiger partial charge in [-0.3, -0.25) is 0 Å². The molecule has 19 heavy (non-hydrogen) atoms. The van der Waals surface area contributed by atoms with Gasteiger partial charge in [0, 0.05) is 0 Å². The SMILES string of the molecule is CCCCC(CC)COC1=C[C]2C=C[C]1C=C2OC. The topological polar surface area (TPSA) is 18.5 Å². The second kappa shape index (κ2) is 6.83. The van der Waals surface area contributed by atoms with Crippen molar-refractivity contribution < 1.29 is 9.47 Å². The summed E-state index contributed by atoms with van der Waals surface area (Å²) in [7, 11) is 1.71. The van der Waals surface area contributed by atoms with Crippen LogP contribution in [-0.4, -0.2) is 13.7 Å². The quantitative estimate of drug-likeness (QED) is 0.645. The summed E-state index contributed by atoms with van der Waals surface area (Å²) >= 11 is 0. The molecule has 0 N–H and O–H groups in total. The van der Waals surface area contributed by atoms with Gasteiger partial charge in [0.1, 0.15) is 11.5 Å². The van der Waals surface area contributed by atoms with Gasteiger partial charge in [0.15, 0.2) is 0 Å². The first-order chi connectivity index (χ1) is 9.28. The Hall–Kier alpha value is -1.18. The lowest BCUT2D eigenvalue weighted by Crippen LogP contribution is -2.18. The Balaban J connectivity index is 1.85. The zero-order valence-electron chi connectivity index (χ0n) is 12.2. The molecule has 1 unspecified atom stereocenters. The summed E-state index contributed by atoms with van der Waals surface area (Å²) in [6.45, 7) is 5.31. The fourth-order valence-corrected chi connectivity index (χ4v) is 2.44. The van der Waals surface area contributed by atoms with Crippen molar-refractivity contribution in [2.45, 2.75) is 39.5 Å². The van der Waals surface area contributed by atoms with E-state index in [-0.39, 0.29) is 0 Å². The molecule has 0 saturated carbocycles. The van der Waals surface area contributed by atoms with Gasteiger partial charge in [0.05, 0.1) is 25.6 Å². The Morgan fingerprint density at radius 3 is 2.26 bits per heavy atom. The van der Waals surface area contributed by atoms with Crippen LogP contribution in [0.4, 0.5) is 0 Å². The molecule has 3 aliphatic carbocycles. The third-order valence-electron chi connectivity index (χ3n) is 3.82. The summed E-state index contributed by atoms with van der Waals surface area (Å²) in [6.07, 6.45) is 13.3. The summed E-state index contributed by atoms with van der Waals surface area (Å²) in [5, 5.41) is 0. The van der Waals surface area contributed by atoms with Crippen LogP contribution in [0.3, 0.4) is 0 Å². The van der Waals surface area contributed by atoms with E-state index in [4.69, 9.17) is 9.47 Å². The Labute approximate surface area is 117 Å². The van der Waals surface area contributed by atoms with Crippen LogP contribution in [-0.2, 0) is 9.47 Å². The fourth-order valence-electron chi connectivity index (χ4n) is 2.44. The smallest absolute Gasteiger partial charge is 0.109 e. The number of hydrogen-bond donors (Lipinski definition) is 0. The number of ether oxygens (including phenoxy) is 2. The van der Waals surface area contributed by atoms with Gasteiger partial charge in [-0.25, -0.2) is 0 Å². The van der Waals surface area contributed by atoms with Gasteiger partial charge in [-0.2, -0.15) is 0 Å². The number of hydrogen-bond acceptors (Lipinski definition) is 2. The predicted octanol–water partition coefficient (Wildman–Crippen LogP) is 4.37. The summed E-state index contributed by atoms with van der Waals surface area (Å²) in [4.78, 5) is 0. The average Bonchev–Trinajstić information content (AvgIpc) is 2.48. The molecule has 0 aromatic carbocycles. The monoisotopic (exact) mass is 260 g/mol. The molecule has 0 aromatic heterocycles. The maximum absolute atomic E-state index is 6.01. The molecule has 0 spiro atoms. The molecule has 0 aliphatic heterocycles. The van der Waals surface area contributed by atoms with Crippen LogP contribution in [0.15, 0.2) is 35.8 Å². The van der Waals surface area contributed by atoms with Gasteiger partial charge >= 0.3 is 0 Å². The van der Waals surface area contributed by atoms with Crippen molar-refractivity contribution in [3.05, 3.63) is 47.7 Å². The Morgan fingerprint density at radius 1 is 1.05 bits per heavy atom. The van der Waals surface area contributed by atoms with Crippen LogP contribution < -0.4 is 0 Å². The van der Waals surface area contributed by atoms with Crippen molar-refractivity contribution >= 4 is 0 Å². The Bertz CT molecular complexity index is 379.